The van der Waals surface area contributed by atoms with Crippen LogP contribution in [0.25, 0.3) is 0 Å². The van der Waals surface area contributed by atoms with E-state index < -0.39 is 11.7 Å². The summed E-state index contributed by atoms with van der Waals surface area (Å²) in [4.78, 5) is 11.3. The van der Waals surface area contributed by atoms with E-state index in [1.54, 1.807) is 26.8 Å². The van der Waals surface area contributed by atoms with Gasteiger partial charge in [-0.05, 0) is 48.8 Å². The van der Waals surface area contributed by atoms with E-state index in [-0.39, 0.29) is 19.0 Å². The van der Waals surface area contributed by atoms with Gasteiger partial charge in [0.25, 0.3) is 0 Å². The minimum Gasteiger partial charge on any atom is -0.490 e. The number of halogens is 2. The van der Waals surface area contributed by atoms with Crippen LogP contribution in [0.5, 0.6) is 5.75 Å². The molecule has 1 amide bonds. The minimum atomic E-state index is -0.531. The molecule has 0 saturated carbocycles. The second-order valence-corrected chi connectivity index (χ2v) is 5.71. The summed E-state index contributed by atoms with van der Waals surface area (Å²) in [5.74, 6) is 0.0179. The highest BCUT2D eigenvalue weighted by Gasteiger charge is 2.15. The Bertz CT molecular complexity index is 446. The van der Waals surface area contributed by atoms with E-state index in [2.05, 4.69) is 21.2 Å². The number of amides is 1. The summed E-state index contributed by atoms with van der Waals surface area (Å²) in [6.45, 7) is 5.85. The highest BCUT2D eigenvalue weighted by molar-refractivity contribution is 9.10. The molecule has 19 heavy (non-hydrogen) atoms. The molecule has 0 aliphatic carbocycles. The predicted molar refractivity (Wildman–Crippen MR) is 73.8 cm³/mol. The lowest BCUT2D eigenvalue weighted by Gasteiger charge is -2.19. The second kappa shape index (κ2) is 6.75. The standard InChI is InChI=1S/C13H17BrFNO3/c1-13(2,3)19-12(17)16-6-7-18-11-8-9(15)4-5-10(11)14/h4-5,8H,6-7H2,1-3H3,(H,16,17). The number of hydrogen-bond donors (Lipinski definition) is 1. The Morgan fingerprint density at radius 2 is 2.11 bits per heavy atom. The number of benzene rings is 1. The molecule has 1 aromatic rings. The molecule has 4 nitrogen and oxygen atoms in total. The van der Waals surface area contributed by atoms with Crippen molar-refractivity contribution in [3.8, 4) is 5.75 Å². The number of carbonyl (C=O) groups is 1. The summed E-state index contributed by atoms with van der Waals surface area (Å²) in [5.41, 5.74) is -0.531. The molecule has 0 unspecified atom stereocenters. The van der Waals surface area contributed by atoms with Gasteiger partial charge in [0, 0.05) is 6.07 Å². The topological polar surface area (TPSA) is 47.6 Å². The lowest BCUT2D eigenvalue weighted by molar-refractivity contribution is 0.0520. The van der Waals surface area contributed by atoms with Crippen LogP contribution in [0, 0.1) is 5.82 Å². The molecule has 0 fully saturated rings. The minimum absolute atomic E-state index is 0.224. The van der Waals surface area contributed by atoms with Crippen LogP contribution in [-0.2, 0) is 4.74 Å². The van der Waals surface area contributed by atoms with E-state index in [0.717, 1.165) is 0 Å². The maximum Gasteiger partial charge on any atom is 0.407 e. The van der Waals surface area contributed by atoms with Crippen molar-refractivity contribution in [1.29, 1.82) is 0 Å². The van der Waals surface area contributed by atoms with E-state index in [1.807, 2.05) is 0 Å². The zero-order valence-corrected chi connectivity index (χ0v) is 12.7. The molecule has 0 bridgehead atoms. The molecule has 1 rings (SSSR count). The number of nitrogens with one attached hydrogen (secondary N) is 1. The number of rotatable bonds is 4. The van der Waals surface area contributed by atoms with Crippen molar-refractivity contribution in [2.45, 2.75) is 26.4 Å². The fraction of sp³-hybridized carbons (Fsp3) is 0.462. The van der Waals surface area contributed by atoms with Gasteiger partial charge in [0.2, 0.25) is 0 Å². The lowest BCUT2D eigenvalue weighted by Crippen LogP contribution is -2.34. The van der Waals surface area contributed by atoms with Gasteiger partial charge in [0.1, 0.15) is 23.8 Å². The van der Waals surface area contributed by atoms with Gasteiger partial charge in [-0.3, -0.25) is 0 Å². The van der Waals surface area contributed by atoms with Gasteiger partial charge in [-0.25, -0.2) is 9.18 Å². The fourth-order valence-corrected chi connectivity index (χ4v) is 1.58. The highest BCUT2D eigenvalue weighted by Crippen LogP contribution is 2.25. The third kappa shape index (κ3) is 6.42. The summed E-state index contributed by atoms with van der Waals surface area (Å²) in [7, 11) is 0. The van der Waals surface area contributed by atoms with Crippen LogP contribution in [0.1, 0.15) is 20.8 Å². The molecular weight excluding hydrogens is 317 g/mol. The van der Waals surface area contributed by atoms with E-state index >= 15 is 0 Å². The Hall–Kier alpha value is -1.30. The Morgan fingerprint density at radius 1 is 1.42 bits per heavy atom. The van der Waals surface area contributed by atoms with Crippen LogP contribution in [0.4, 0.5) is 9.18 Å². The molecule has 0 aromatic heterocycles. The molecule has 0 radical (unpaired) electrons. The number of carbonyl (C=O) groups excluding carboxylic acids is 1. The van der Waals surface area contributed by atoms with Gasteiger partial charge in [0.05, 0.1) is 11.0 Å². The first-order chi connectivity index (χ1) is 8.78. The van der Waals surface area contributed by atoms with Crippen molar-refractivity contribution in [1.82, 2.24) is 5.32 Å². The van der Waals surface area contributed by atoms with Crippen LogP contribution in [0.2, 0.25) is 0 Å². The number of ether oxygens (including phenoxy) is 2. The average Bonchev–Trinajstić information content (AvgIpc) is 2.26. The molecule has 1 aromatic carbocycles. The summed E-state index contributed by atoms with van der Waals surface area (Å²) < 4.78 is 24.0. The van der Waals surface area contributed by atoms with Crippen molar-refractivity contribution in [2.75, 3.05) is 13.2 Å². The first-order valence-electron chi connectivity index (χ1n) is 5.82. The molecule has 1 N–H and O–H groups in total. The molecule has 0 heterocycles. The Morgan fingerprint density at radius 3 is 2.74 bits per heavy atom. The van der Waals surface area contributed by atoms with Crippen LogP contribution in [0.3, 0.4) is 0 Å². The van der Waals surface area contributed by atoms with E-state index in [0.29, 0.717) is 10.2 Å². The van der Waals surface area contributed by atoms with Crippen LogP contribution < -0.4 is 10.1 Å². The maximum absolute atomic E-state index is 13.0. The summed E-state index contributed by atoms with van der Waals surface area (Å²) >= 11 is 3.25. The van der Waals surface area contributed by atoms with E-state index in [1.165, 1.54) is 12.1 Å². The van der Waals surface area contributed by atoms with Crippen LogP contribution in [-0.4, -0.2) is 24.8 Å². The Kier molecular flexibility index (Phi) is 5.60. The summed E-state index contributed by atoms with van der Waals surface area (Å²) in [6, 6.07) is 4.17. The summed E-state index contributed by atoms with van der Waals surface area (Å²) in [6.07, 6.45) is -0.505. The van der Waals surface area contributed by atoms with Crippen LogP contribution >= 0.6 is 15.9 Å². The number of hydrogen-bond acceptors (Lipinski definition) is 3. The second-order valence-electron chi connectivity index (χ2n) is 4.85. The largest absolute Gasteiger partial charge is 0.490 e. The van der Waals surface area contributed by atoms with E-state index in [9.17, 15) is 9.18 Å². The molecule has 0 aliphatic rings. The third-order valence-electron chi connectivity index (χ3n) is 1.92. The third-order valence-corrected chi connectivity index (χ3v) is 2.58. The normalized spacial score (nSPS) is 11.0. The first-order valence-corrected chi connectivity index (χ1v) is 6.62. The van der Waals surface area contributed by atoms with Crippen molar-refractivity contribution in [3.05, 3.63) is 28.5 Å². The Labute approximate surface area is 120 Å². The van der Waals surface area contributed by atoms with Gasteiger partial charge in [-0.2, -0.15) is 0 Å². The number of alkyl carbamates (subject to hydrolysis) is 1. The lowest BCUT2D eigenvalue weighted by atomic mass is 10.2. The van der Waals surface area contributed by atoms with Crippen LogP contribution in [0.15, 0.2) is 22.7 Å². The summed E-state index contributed by atoms with van der Waals surface area (Å²) in [5, 5.41) is 2.55. The van der Waals surface area contributed by atoms with Gasteiger partial charge in [-0.15, -0.1) is 0 Å². The quantitative estimate of drug-likeness (QED) is 0.858. The maximum atomic E-state index is 13.0. The van der Waals surface area contributed by atoms with Gasteiger partial charge >= 0.3 is 6.09 Å². The monoisotopic (exact) mass is 333 g/mol. The average molecular weight is 334 g/mol. The van der Waals surface area contributed by atoms with Gasteiger partial charge in [0.15, 0.2) is 0 Å². The zero-order valence-electron chi connectivity index (χ0n) is 11.1. The van der Waals surface area contributed by atoms with E-state index in [4.69, 9.17) is 9.47 Å². The van der Waals surface area contributed by atoms with Gasteiger partial charge < -0.3 is 14.8 Å². The van der Waals surface area contributed by atoms with Crippen molar-refractivity contribution >= 4 is 22.0 Å². The predicted octanol–water partition coefficient (Wildman–Crippen LogP) is 3.49. The molecule has 0 spiro atoms. The van der Waals surface area contributed by atoms with Crippen molar-refractivity contribution < 1.29 is 18.7 Å². The first kappa shape index (κ1) is 15.8. The zero-order chi connectivity index (χ0) is 14.5. The fourth-order valence-electron chi connectivity index (χ4n) is 1.22. The SMILES string of the molecule is CC(C)(C)OC(=O)NCCOc1cc(F)ccc1Br. The molecule has 6 heteroatoms. The molecule has 0 atom stereocenters. The molecule has 0 saturated heterocycles. The molecular formula is C13H17BrFNO3. The van der Waals surface area contributed by atoms with Gasteiger partial charge in [-0.1, -0.05) is 0 Å². The smallest absolute Gasteiger partial charge is 0.407 e. The van der Waals surface area contributed by atoms with Crippen molar-refractivity contribution in [2.24, 2.45) is 0 Å². The highest BCUT2D eigenvalue weighted by atomic mass is 79.9. The molecule has 106 valence electrons. The molecule has 0 aliphatic heterocycles. The Balaban J connectivity index is 2.31. The van der Waals surface area contributed by atoms with Crippen molar-refractivity contribution in [3.63, 3.8) is 0 Å².